The maximum Gasteiger partial charge on any atom is 0.255 e. The number of phenolic OH excluding ortho intramolecular Hbond substituents is 1. The number of halogens is 4. The van der Waals surface area contributed by atoms with E-state index in [0.717, 1.165) is 6.07 Å². The Hall–Kier alpha value is -2.69. The lowest BCUT2D eigenvalue weighted by Crippen LogP contribution is -2.35. The average molecular weight is 620 g/mol. The molecule has 0 bridgehead atoms. The van der Waals surface area contributed by atoms with Gasteiger partial charge in [-0.1, -0.05) is 53.3 Å². The number of hydrogen-bond donors (Lipinski definition) is 3. The maximum absolute atomic E-state index is 13.1. The predicted octanol–water partition coefficient (Wildman–Crippen LogP) is 6.77. The Balaban J connectivity index is 1.87. The second-order valence-electron chi connectivity index (χ2n) is 8.07. The molecule has 0 saturated carbocycles. The normalized spacial score (nSPS) is 12.1. The molecular weight excluding hydrogens is 598 g/mol. The third-order valence-electron chi connectivity index (χ3n) is 5.66. The van der Waals surface area contributed by atoms with Crippen molar-refractivity contribution in [2.75, 3.05) is 17.7 Å². The van der Waals surface area contributed by atoms with Crippen molar-refractivity contribution in [2.24, 2.45) is 0 Å². The van der Waals surface area contributed by atoms with Crippen molar-refractivity contribution in [2.45, 2.75) is 30.4 Å². The predicted molar refractivity (Wildman–Crippen MR) is 150 cm³/mol. The number of benzene rings is 3. The lowest BCUT2D eigenvalue weighted by molar-refractivity contribution is -0.115. The average Bonchev–Trinajstić information content (AvgIpc) is 2.88. The van der Waals surface area contributed by atoms with Crippen LogP contribution in [0.5, 0.6) is 11.5 Å². The molecule has 3 aromatic rings. The Morgan fingerprint density at radius 1 is 0.974 bits per heavy atom. The van der Waals surface area contributed by atoms with Gasteiger partial charge in [0.2, 0.25) is 5.91 Å². The lowest BCUT2D eigenvalue weighted by Gasteiger charge is -2.19. The number of amides is 2. The van der Waals surface area contributed by atoms with Crippen molar-refractivity contribution >= 4 is 79.4 Å². The monoisotopic (exact) mass is 618 g/mol. The molecule has 202 valence electrons. The summed E-state index contributed by atoms with van der Waals surface area (Å²) in [6, 6.07) is 9.57. The van der Waals surface area contributed by atoms with Gasteiger partial charge in [0.15, 0.2) is 15.6 Å². The van der Waals surface area contributed by atoms with Gasteiger partial charge in [-0.2, -0.15) is 0 Å². The fraction of sp³-hybridized carbons (Fsp3) is 0.200. The van der Waals surface area contributed by atoms with Gasteiger partial charge in [-0.25, -0.2) is 8.42 Å². The summed E-state index contributed by atoms with van der Waals surface area (Å²) in [5.74, 6) is -1.72. The summed E-state index contributed by atoms with van der Waals surface area (Å²) < 4.78 is 31.3. The summed E-state index contributed by atoms with van der Waals surface area (Å²) >= 11 is 24.7. The molecule has 0 spiro atoms. The number of phenols is 1. The van der Waals surface area contributed by atoms with Gasteiger partial charge >= 0.3 is 0 Å². The van der Waals surface area contributed by atoms with E-state index in [2.05, 4.69) is 10.6 Å². The maximum atomic E-state index is 13.1. The lowest BCUT2D eigenvalue weighted by atomic mass is 10.1. The second kappa shape index (κ2) is 12.0. The first-order chi connectivity index (χ1) is 17.8. The van der Waals surface area contributed by atoms with Crippen LogP contribution in [-0.2, 0) is 14.6 Å². The molecule has 3 rings (SSSR count). The van der Waals surface area contributed by atoms with Gasteiger partial charge in [-0.15, -0.1) is 0 Å². The zero-order valence-electron chi connectivity index (χ0n) is 20.2. The van der Waals surface area contributed by atoms with Gasteiger partial charge in [0, 0.05) is 15.6 Å². The Morgan fingerprint density at radius 3 is 2.08 bits per heavy atom. The van der Waals surface area contributed by atoms with Crippen molar-refractivity contribution < 1.29 is 27.9 Å². The van der Waals surface area contributed by atoms with E-state index in [-0.39, 0.29) is 43.3 Å². The molecule has 13 heteroatoms. The molecule has 2 amide bonds. The zero-order valence-corrected chi connectivity index (χ0v) is 24.1. The number of rotatable bonds is 8. The summed E-state index contributed by atoms with van der Waals surface area (Å²) in [6.45, 7) is 3.23. The summed E-state index contributed by atoms with van der Waals surface area (Å²) in [6.07, 6.45) is -0.0583. The smallest absolute Gasteiger partial charge is 0.255 e. The zero-order chi connectivity index (χ0) is 28.4. The van der Waals surface area contributed by atoms with E-state index in [4.69, 9.17) is 51.1 Å². The van der Waals surface area contributed by atoms with E-state index in [9.17, 15) is 23.1 Å². The molecular formula is C25H22Cl4N2O6S. The molecule has 3 aromatic carbocycles. The van der Waals surface area contributed by atoms with Gasteiger partial charge < -0.3 is 20.5 Å². The molecule has 0 aliphatic rings. The largest absolute Gasteiger partial charge is 0.504 e. The highest BCUT2D eigenvalue weighted by Crippen LogP contribution is 2.43. The van der Waals surface area contributed by atoms with Crippen LogP contribution in [0.3, 0.4) is 0 Å². The minimum absolute atomic E-state index is 0.0583. The van der Waals surface area contributed by atoms with Crippen LogP contribution >= 0.6 is 46.4 Å². The molecule has 38 heavy (non-hydrogen) atoms. The van der Waals surface area contributed by atoms with Crippen LogP contribution in [0, 0.1) is 6.92 Å². The summed E-state index contributed by atoms with van der Waals surface area (Å²) in [5.41, 5.74) is 0.329. The molecule has 0 heterocycles. The molecule has 0 radical (unpaired) electrons. The van der Waals surface area contributed by atoms with Crippen LogP contribution in [0.4, 0.5) is 11.4 Å². The Labute approximate surface area is 239 Å². The minimum atomic E-state index is -4.09. The number of carbonyl (C=O) groups is 2. The number of nitrogens with one attached hydrogen (secondary N) is 2. The highest BCUT2D eigenvalue weighted by molar-refractivity contribution is 7.92. The Morgan fingerprint density at radius 2 is 1.55 bits per heavy atom. The van der Waals surface area contributed by atoms with Crippen molar-refractivity contribution in [1.82, 2.24) is 0 Å². The topological polar surface area (TPSA) is 122 Å². The number of aromatic hydroxyl groups is 1. The van der Waals surface area contributed by atoms with Crippen molar-refractivity contribution in [3.05, 3.63) is 73.7 Å². The quantitative estimate of drug-likeness (QED) is 0.239. The summed E-state index contributed by atoms with van der Waals surface area (Å²) in [5, 5.41) is 14.0. The van der Waals surface area contributed by atoms with Crippen LogP contribution in [0.1, 0.15) is 29.3 Å². The number of methoxy groups -OCH3 is 1. The fourth-order valence-electron chi connectivity index (χ4n) is 3.47. The number of sulfone groups is 1. The number of ether oxygens (including phenoxy) is 1. The van der Waals surface area contributed by atoms with Gasteiger partial charge in [-0.3, -0.25) is 9.59 Å². The van der Waals surface area contributed by atoms with Crippen LogP contribution in [-0.4, -0.2) is 37.7 Å². The van der Waals surface area contributed by atoms with Crippen LogP contribution in [0.25, 0.3) is 0 Å². The van der Waals surface area contributed by atoms with Crippen molar-refractivity contribution in [3.63, 3.8) is 0 Å². The molecule has 1 atom stereocenters. The molecule has 0 saturated heterocycles. The standard InChI is InChI=1S/C25H22Cl4N2O6S/c1-4-20(38(35,36)15-7-5-14(37-3)6-8-15)25(34)31-22-18(28)11-19(23(32)21(22)29)30-24(33)13-9-16(26)12(2)17(27)10-13/h5-11,20,32H,4H2,1-3H3,(H,30,33)(H,31,34). The van der Waals surface area contributed by atoms with E-state index in [1.54, 1.807) is 6.92 Å². The van der Waals surface area contributed by atoms with Crippen LogP contribution < -0.4 is 15.4 Å². The SMILES string of the molecule is CCC(C(=O)Nc1c(Cl)cc(NC(=O)c2cc(Cl)c(C)c(Cl)c2)c(O)c1Cl)S(=O)(=O)c1ccc(OC)cc1. The van der Waals surface area contributed by atoms with Gasteiger partial charge in [0.1, 0.15) is 16.0 Å². The van der Waals surface area contributed by atoms with Gasteiger partial charge in [0.25, 0.3) is 5.91 Å². The molecule has 1 unspecified atom stereocenters. The second-order valence-corrected chi connectivity index (χ2v) is 11.8. The molecule has 0 aromatic heterocycles. The van der Waals surface area contributed by atoms with E-state index in [1.807, 2.05) is 0 Å². The summed E-state index contributed by atoms with van der Waals surface area (Å²) in [7, 11) is -2.65. The fourth-order valence-corrected chi connectivity index (χ4v) is 6.13. The number of carbonyl (C=O) groups excluding carboxylic acids is 2. The molecule has 0 fully saturated rings. The Kier molecular flexibility index (Phi) is 9.43. The van der Waals surface area contributed by atoms with Gasteiger partial charge in [0.05, 0.1) is 28.4 Å². The van der Waals surface area contributed by atoms with Gasteiger partial charge in [-0.05, 0) is 61.4 Å². The van der Waals surface area contributed by atoms with E-state index in [0.29, 0.717) is 11.3 Å². The van der Waals surface area contributed by atoms with Crippen molar-refractivity contribution in [3.8, 4) is 11.5 Å². The summed E-state index contributed by atoms with van der Waals surface area (Å²) in [4.78, 5) is 25.7. The first-order valence-electron chi connectivity index (χ1n) is 11.0. The number of hydrogen-bond acceptors (Lipinski definition) is 6. The first kappa shape index (κ1) is 29.9. The first-order valence-corrected chi connectivity index (χ1v) is 14.0. The number of anilines is 2. The minimum Gasteiger partial charge on any atom is -0.504 e. The highest BCUT2D eigenvalue weighted by atomic mass is 35.5. The highest BCUT2D eigenvalue weighted by Gasteiger charge is 2.33. The molecule has 0 aliphatic heterocycles. The molecule has 3 N–H and O–H groups in total. The Bertz CT molecular complexity index is 1490. The van der Waals surface area contributed by atoms with E-state index < -0.39 is 37.7 Å². The molecule has 0 aliphatic carbocycles. The molecule has 8 nitrogen and oxygen atoms in total. The van der Waals surface area contributed by atoms with Crippen LogP contribution in [0.2, 0.25) is 20.1 Å². The van der Waals surface area contributed by atoms with E-state index >= 15 is 0 Å². The van der Waals surface area contributed by atoms with Crippen LogP contribution in [0.15, 0.2) is 47.4 Å². The van der Waals surface area contributed by atoms with E-state index in [1.165, 1.54) is 50.4 Å². The third kappa shape index (κ3) is 6.13. The van der Waals surface area contributed by atoms with Crippen molar-refractivity contribution in [1.29, 1.82) is 0 Å². The third-order valence-corrected chi connectivity index (χ3v) is 9.33.